The molecule has 2 aliphatic heterocycles. The van der Waals surface area contributed by atoms with Crippen LogP contribution in [-0.4, -0.2) is 56.3 Å². The second kappa shape index (κ2) is 8.57. The predicted molar refractivity (Wildman–Crippen MR) is 115 cm³/mol. The first kappa shape index (κ1) is 20.6. The van der Waals surface area contributed by atoms with E-state index in [1.165, 1.54) is 0 Å². The van der Waals surface area contributed by atoms with Crippen LogP contribution in [0.4, 0.5) is 5.69 Å². The lowest BCUT2D eigenvalue weighted by atomic mass is 9.98. The molecule has 1 atom stereocenters. The summed E-state index contributed by atoms with van der Waals surface area (Å²) in [5.41, 5.74) is 3.26. The number of hydrogen-bond donors (Lipinski definition) is 2. The largest absolute Gasteiger partial charge is 0.355 e. The third-order valence-electron chi connectivity index (χ3n) is 5.63. The van der Waals surface area contributed by atoms with Gasteiger partial charge in [0.25, 0.3) is 5.91 Å². The van der Waals surface area contributed by atoms with Crippen molar-refractivity contribution in [1.82, 2.24) is 10.2 Å². The van der Waals surface area contributed by atoms with Crippen molar-refractivity contribution in [3.05, 3.63) is 65.2 Å². The van der Waals surface area contributed by atoms with E-state index < -0.39 is 9.84 Å². The topological polar surface area (TPSA) is 95.6 Å². The van der Waals surface area contributed by atoms with Gasteiger partial charge in [-0.25, -0.2) is 8.42 Å². The molecule has 2 heterocycles. The zero-order valence-electron chi connectivity index (χ0n) is 16.6. The second-order valence-electron chi connectivity index (χ2n) is 7.91. The number of carbonyl (C=O) groups excluding carboxylic acids is 2. The molecular weight excluding hydrogens is 402 g/mol. The summed E-state index contributed by atoms with van der Waals surface area (Å²) in [6.07, 6.45) is 0.469. The highest BCUT2D eigenvalue weighted by Gasteiger charge is 2.23. The number of rotatable bonds is 5. The molecule has 0 bridgehead atoms. The Morgan fingerprint density at radius 2 is 1.87 bits per heavy atom. The number of benzene rings is 2. The zero-order chi connectivity index (χ0) is 21.1. The summed E-state index contributed by atoms with van der Waals surface area (Å²) in [4.78, 5) is 26.3. The number of nitrogens with one attached hydrogen (secondary N) is 2. The summed E-state index contributed by atoms with van der Waals surface area (Å²) >= 11 is 0. The zero-order valence-corrected chi connectivity index (χ0v) is 17.5. The van der Waals surface area contributed by atoms with E-state index >= 15 is 0 Å². The quantitative estimate of drug-likeness (QED) is 0.758. The van der Waals surface area contributed by atoms with Gasteiger partial charge in [0.1, 0.15) is 0 Å². The molecule has 30 heavy (non-hydrogen) atoms. The molecular formula is C22H25N3O4S. The SMILES string of the molecule is O=C1CC(c2cccc(NC(=O)c3cccc(CN4CCS(=O)(=O)CC4)c3)c2)CN1. The lowest BCUT2D eigenvalue weighted by Gasteiger charge is -2.26. The molecule has 2 N–H and O–H groups in total. The fourth-order valence-electron chi connectivity index (χ4n) is 3.89. The Bertz CT molecular complexity index is 1050. The molecule has 0 aromatic heterocycles. The number of sulfone groups is 1. The first-order valence-corrected chi connectivity index (χ1v) is 11.9. The van der Waals surface area contributed by atoms with Gasteiger partial charge in [-0.1, -0.05) is 24.3 Å². The standard InChI is InChI=1S/C22H25N3O4S/c26-21-13-19(14-23-21)17-4-2-6-20(12-17)24-22(27)18-5-1-3-16(11-18)15-25-7-9-30(28,29)10-8-25/h1-6,11-12,19H,7-10,13-15H2,(H,23,26)(H,24,27). The van der Waals surface area contributed by atoms with Crippen molar-refractivity contribution in [1.29, 1.82) is 0 Å². The highest BCUT2D eigenvalue weighted by atomic mass is 32.2. The molecule has 2 amide bonds. The molecule has 0 radical (unpaired) electrons. The van der Waals surface area contributed by atoms with Crippen molar-refractivity contribution in [2.45, 2.75) is 18.9 Å². The Morgan fingerprint density at radius 3 is 2.60 bits per heavy atom. The molecule has 1 unspecified atom stereocenters. The van der Waals surface area contributed by atoms with Crippen LogP contribution >= 0.6 is 0 Å². The normalized spacial score (nSPS) is 21.2. The minimum Gasteiger partial charge on any atom is -0.355 e. The highest BCUT2D eigenvalue weighted by molar-refractivity contribution is 7.91. The third kappa shape index (κ3) is 5.06. The van der Waals surface area contributed by atoms with E-state index in [1.807, 2.05) is 42.5 Å². The molecule has 158 valence electrons. The number of nitrogens with zero attached hydrogens (tertiary/aromatic N) is 1. The maximum absolute atomic E-state index is 12.8. The summed E-state index contributed by atoms with van der Waals surface area (Å²) in [5, 5.41) is 5.77. The first-order chi connectivity index (χ1) is 14.4. The van der Waals surface area contributed by atoms with E-state index in [9.17, 15) is 18.0 Å². The van der Waals surface area contributed by atoms with Crippen LogP contribution in [0, 0.1) is 0 Å². The molecule has 0 aliphatic carbocycles. The van der Waals surface area contributed by atoms with Crippen LogP contribution in [0.3, 0.4) is 0 Å². The van der Waals surface area contributed by atoms with Gasteiger partial charge in [0.05, 0.1) is 11.5 Å². The van der Waals surface area contributed by atoms with Crippen molar-refractivity contribution < 1.29 is 18.0 Å². The van der Waals surface area contributed by atoms with Crippen molar-refractivity contribution in [3.63, 3.8) is 0 Å². The summed E-state index contributed by atoms with van der Waals surface area (Å²) in [5.74, 6) is 0.358. The van der Waals surface area contributed by atoms with E-state index in [-0.39, 0.29) is 29.2 Å². The second-order valence-corrected chi connectivity index (χ2v) is 10.2. The van der Waals surface area contributed by atoms with Crippen molar-refractivity contribution >= 4 is 27.3 Å². The molecule has 2 aromatic rings. The maximum Gasteiger partial charge on any atom is 0.255 e. The van der Waals surface area contributed by atoms with Gasteiger partial charge in [0.15, 0.2) is 9.84 Å². The van der Waals surface area contributed by atoms with Gasteiger partial charge in [-0.2, -0.15) is 0 Å². The van der Waals surface area contributed by atoms with Crippen LogP contribution in [-0.2, 0) is 21.2 Å². The molecule has 0 spiro atoms. The molecule has 2 aliphatic rings. The summed E-state index contributed by atoms with van der Waals surface area (Å²) < 4.78 is 23.2. The van der Waals surface area contributed by atoms with Crippen LogP contribution in [0.15, 0.2) is 48.5 Å². The van der Waals surface area contributed by atoms with E-state index in [1.54, 1.807) is 6.07 Å². The third-order valence-corrected chi connectivity index (χ3v) is 7.23. The molecule has 2 saturated heterocycles. The average molecular weight is 428 g/mol. The minimum absolute atomic E-state index is 0.0533. The van der Waals surface area contributed by atoms with Gasteiger partial charge in [-0.3, -0.25) is 14.5 Å². The van der Waals surface area contributed by atoms with Crippen molar-refractivity contribution in [2.75, 3.05) is 36.5 Å². The Morgan fingerprint density at radius 1 is 1.10 bits per heavy atom. The van der Waals surface area contributed by atoms with Gasteiger partial charge in [-0.15, -0.1) is 0 Å². The smallest absolute Gasteiger partial charge is 0.255 e. The van der Waals surface area contributed by atoms with Crippen LogP contribution in [0.5, 0.6) is 0 Å². The lowest BCUT2D eigenvalue weighted by Crippen LogP contribution is -2.39. The summed E-state index contributed by atoms with van der Waals surface area (Å²) in [6.45, 7) is 2.28. The van der Waals surface area contributed by atoms with E-state index in [0.717, 1.165) is 11.1 Å². The monoisotopic (exact) mass is 427 g/mol. The average Bonchev–Trinajstić information content (AvgIpc) is 3.16. The fourth-order valence-corrected chi connectivity index (χ4v) is 5.17. The van der Waals surface area contributed by atoms with Crippen LogP contribution in [0.1, 0.15) is 33.8 Å². The molecule has 2 fully saturated rings. The maximum atomic E-state index is 12.8. The molecule has 4 rings (SSSR count). The Hall–Kier alpha value is -2.71. The molecule has 0 saturated carbocycles. The summed E-state index contributed by atoms with van der Waals surface area (Å²) in [7, 11) is -2.91. The van der Waals surface area contributed by atoms with Crippen molar-refractivity contribution in [2.24, 2.45) is 0 Å². The number of amides is 2. The Balaban J connectivity index is 1.40. The fraction of sp³-hybridized carbons (Fsp3) is 0.364. The highest BCUT2D eigenvalue weighted by Crippen LogP contribution is 2.25. The van der Waals surface area contributed by atoms with Gasteiger partial charge >= 0.3 is 0 Å². The van der Waals surface area contributed by atoms with Gasteiger partial charge in [0.2, 0.25) is 5.91 Å². The first-order valence-electron chi connectivity index (χ1n) is 10.1. The molecule has 2 aromatic carbocycles. The van der Waals surface area contributed by atoms with Crippen LogP contribution < -0.4 is 10.6 Å². The van der Waals surface area contributed by atoms with Gasteiger partial charge in [-0.05, 0) is 35.4 Å². The predicted octanol–water partition coefficient (Wildman–Crippen LogP) is 1.77. The Labute approximate surface area is 176 Å². The molecule has 7 nitrogen and oxygen atoms in total. The molecule has 8 heteroatoms. The number of anilines is 1. The lowest BCUT2D eigenvalue weighted by molar-refractivity contribution is -0.119. The van der Waals surface area contributed by atoms with E-state index in [0.29, 0.717) is 43.9 Å². The van der Waals surface area contributed by atoms with Gasteiger partial charge < -0.3 is 10.6 Å². The minimum atomic E-state index is -2.91. The number of hydrogen-bond acceptors (Lipinski definition) is 5. The van der Waals surface area contributed by atoms with Crippen LogP contribution in [0.25, 0.3) is 0 Å². The van der Waals surface area contributed by atoms with E-state index in [2.05, 4.69) is 15.5 Å². The van der Waals surface area contributed by atoms with Crippen molar-refractivity contribution in [3.8, 4) is 0 Å². The number of carbonyl (C=O) groups is 2. The van der Waals surface area contributed by atoms with E-state index in [4.69, 9.17) is 0 Å². The van der Waals surface area contributed by atoms with Gasteiger partial charge in [0, 0.05) is 49.8 Å². The van der Waals surface area contributed by atoms with Crippen LogP contribution in [0.2, 0.25) is 0 Å². The summed E-state index contributed by atoms with van der Waals surface area (Å²) in [6, 6.07) is 15.0. The Kier molecular flexibility index (Phi) is 5.87.